The standard InChI is InChI=1S/C30H50O5/c1-19-9-11-24-28(7,16-14-22(31)26(3,4)34-24)21(19)13-18-30(33)20(2)10-12-25-29(30,8)17-15-23(32)27(5,6)35-25/h20-22,24-25,31,33H,1,9-18H2,2-8H3/t20-,21+,22-,24-,25-,28-,29+,30-/m0/s1. The first-order valence-electron chi connectivity index (χ1n) is 14.0. The molecule has 4 rings (SSSR count). The topological polar surface area (TPSA) is 76.0 Å². The summed E-state index contributed by atoms with van der Waals surface area (Å²) in [5.41, 5.74) is -1.60. The molecule has 4 fully saturated rings. The summed E-state index contributed by atoms with van der Waals surface area (Å²) in [4.78, 5) is 12.8. The Hall–Kier alpha value is -0.750. The molecule has 4 aliphatic rings. The monoisotopic (exact) mass is 490 g/mol. The van der Waals surface area contributed by atoms with Crippen LogP contribution in [0.25, 0.3) is 0 Å². The molecule has 2 N–H and O–H groups in total. The number of Topliss-reactive ketones (excluding diaryl/α,β-unsaturated/α-hetero) is 1. The van der Waals surface area contributed by atoms with Crippen molar-refractivity contribution in [2.45, 2.75) is 148 Å². The number of aliphatic hydroxyl groups excluding tert-OH is 1. The maximum Gasteiger partial charge on any atom is 0.164 e. The van der Waals surface area contributed by atoms with E-state index in [9.17, 15) is 15.0 Å². The highest BCUT2D eigenvalue weighted by atomic mass is 16.5. The fraction of sp³-hybridized carbons (Fsp3) is 0.900. The summed E-state index contributed by atoms with van der Waals surface area (Å²) in [7, 11) is 0. The van der Waals surface area contributed by atoms with E-state index in [0.717, 1.165) is 44.9 Å². The first kappa shape index (κ1) is 27.3. The van der Waals surface area contributed by atoms with Crippen LogP contribution in [0.1, 0.15) is 113 Å². The lowest BCUT2D eigenvalue weighted by atomic mass is 9.53. The molecular formula is C30H50O5. The van der Waals surface area contributed by atoms with Gasteiger partial charge in [0.25, 0.3) is 0 Å². The Kier molecular flexibility index (Phi) is 6.96. The second kappa shape index (κ2) is 8.92. The molecule has 0 amide bonds. The Morgan fingerprint density at radius 3 is 2.31 bits per heavy atom. The van der Waals surface area contributed by atoms with E-state index in [0.29, 0.717) is 19.3 Å². The van der Waals surface area contributed by atoms with Crippen LogP contribution < -0.4 is 0 Å². The lowest BCUT2D eigenvalue weighted by Gasteiger charge is -2.57. The Morgan fingerprint density at radius 2 is 1.63 bits per heavy atom. The lowest BCUT2D eigenvalue weighted by Crippen LogP contribution is -2.61. The summed E-state index contributed by atoms with van der Waals surface area (Å²) in [6, 6.07) is 0. The summed E-state index contributed by atoms with van der Waals surface area (Å²) in [5, 5.41) is 23.2. The van der Waals surface area contributed by atoms with Crippen LogP contribution in [0.4, 0.5) is 0 Å². The SMILES string of the molecule is C=C1CC[C@@H]2OC(C)(C)[C@@H](O)CC[C@@]2(C)[C@@H]1CC[C@]1(O)[C@@H](C)CC[C@@H]2OC(C)(C)C(=O)CC[C@]21C. The van der Waals surface area contributed by atoms with Crippen molar-refractivity contribution in [3.8, 4) is 0 Å². The van der Waals surface area contributed by atoms with Crippen molar-refractivity contribution in [3.63, 3.8) is 0 Å². The molecule has 0 aromatic heterocycles. The van der Waals surface area contributed by atoms with Gasteiger partial charge < -0.3 is 19.7 Å². The highest BCUT2D eigenvalue weighted by Gasteiger charge is 2.60. The molecule has 0 unspecified atom stereocenters. The van der Waals surface area contributed by atoms with Crippen LogP contribution in [0.15, 0.2) is 12.2 Å². The number of carbonyl (C=O) groups excluding carboxylic acids is 1. The number of hydrogen-bond acceptors (Lipinski definition) is 5. The fourth-order valence-corrected chi connectivity index (χ4v) is 8.17. The Labute approximate surface area is 213 Å². The third-order valence-electron chi connectivity index (χ3n) is 11.1. The van der Waals surface area contributed by atoms with Crippen molar-refractivity contribution >= 4 is 5.78 Å². The molecule has 8 atom stereocenters. The van der Waals surface area contributed by atoms with Gasteiger partial charge in [-0.2, -0.15) is 0 Å². The number of fused-ring (bicyclic) bond motifs is 2. The van der Waals surface area contributed by atoms with E-state index >= 15 is 0 Å². The van der Waals surface area contributed by atoms with Crippen LogP contribution >= 0.6 is 0 Å². The average Bonchev–Trinajstić information content (AvgIpc) is 2.92. The Balaban J connectivity index is 1.61. The molecule has 0 radical (unpaired) electrons. The molecule has 5 heteroatoms. The maximum absolute atomic E-state index is 12.8. The summed E-state index contributed by atoms with van der Waals surface area (Å²) in [5.74, 6) is 0.499. The number of hydrogen-bond donors (Lipinski definition) is 2. The molecule has 0 aromatic carbocycles. The molecule has 2 saturated heterocycles. The van der Waals surface area contributed by atoms with Gasteiger partial charge in [-0.25, -0.2) is 0 Å². The number of allylic oxidation sites excluding steroid dienone is 1. The zero-order chi connectivity index (χ0) is 26.0. The molecule has 200 valence electrons. The molecule has 0 aromatic rings. The third-order valence-corrected chi connectivity index (χ3v) is 11.1. The van der Waals surface area contributed by atoms with E-state index in [2.05, 4.69) is 27.4 Å². The molecule has 35 heavy (non-hydrogen) atoms. The van der Waals surface area contributed by atoms with Gasteiger partial charge in [0.2, 0.25) is 0 Å². The predicted octanol–water partition coefficient (Wildman–Crippen LogP) is 5.75. The maximum atomic E-state index is 12.8. The summed E-state index contributed by atoms with van der Waals surface area (Å²) < 4.78 is 13.0. The molecule has 0 bridgehead atoms. The van der Waals surface area contributed by atoms with E-state index in [-0.39, 0.29) is 35.2 Å². The van der Waals surface area contributed by atoms with Crippen LogP contribution in [0.3, 0.4) is 0 Å². The minimum atomic E-state index is -0.912. The van der Waals surface area contributed by atoms with Gasteiger partial charge in [-0.3, -0.25) is 4.79 Å². The van der Waals surface area contributed by atoms with Crippen molar-refractivity contribution in [2.75, 3.05) is 0 Å². The largest absolute Gasteiger partial charge is 0.390 e. The van der Waals surface area contributed by atoms with E-state index in [1.165, 1.54) is 5.57 Å². The van der Waals surface area contributed by atoms with E-state index in [1.807, 2.05) is 27.7 Å². The Bertz CT molecular complexity index is 848. The molecular weight excluding hydrogens is 440 g/mol. The number of ketones is 1. The van der Waals surface area contributed by atoms with Crippen LogP contribution in [-0.2, 0) is 14.3 Å². The summed E-state index contributed by atoms with van der Waals surface area (Å²) in [6.45, 7) is 18.9. The minimum absolute atomic E-state index is 0.0755. The molecule has 2 aliphatic carbocycles. The van der Waals surface area contributed by atoms with Crippen molar-refractivity contribution in [1.29, 1.82) is 0 Å². The second-order valence-electron chi connectivity index (χ2n) is 13.9. The zero-order valence-electron chi connectivity index (χ0n) is 23.3. The van der Waals surface area contributed by atoms with Crippen molar-refractivity contribution in [3.05, 3.63) is 12.2 Å². The van der Waals surface area contributed by atoms with Gasteiger partial charge in [-0.05, 0) is 97.3 Å². The zero-order valence-corrected chi connectivity index (χ0v) is 23.3. The molecule has 2 saturated carbocycles. The number of aliphatic hydroxyl groups is 2. The quantitative estimate of drug-likeness (QED) is 0.493. The average molecular weight is 491 g/mol. The van der Waals surface area contributed by atoms with Crippen LogP contribution in [0, 0.1) is 22.7 Å². The summed E-state index contributed by atoms with van der Waals surface area (Å²) in [6.07, 6.45) is 7.34. The number of rotatable bonds is 3. The van der Waals surface area contributed by atoms with Gasteiger partial charge in [0.1, 0.15) is 5.60 Å². The van der Waals surface area contributed by atoms with E-state index in [4.69, 9.17) is 9.47 Å². The molecule has 2 heterocycles. The normalized spacial score (nSPS) is 47.9. The predicted molar refractivity (Wildman–Crippen MR) is 138 cm³/mol. The van der Waals surface area contributed by atoms with Gasteiger partial charge in [-0.1, -0.05) is 32.9 Å². The van der Waals surface area contributed by atoms with Gasteiger partial charge in [0, 0.05) is 17.3 Å². The van der Waals surface area contributed by atoms with Crippen molar-refractivity contribution < 1.29 is 24.5 Å². The highest BCUT2D eigenvalue weighted by molar-refractivity contribution is 5.86. The third kappa shape index (κ3) is 4.36. The number of carbonyl (C=O) groups is 1. The minimum Gasteiger partial charge on any atom is -0.390 e. The van der Waals surface area contributed by atoms with Crippen molar-refractivity contribution in [1.82, 2.24) is 0 Å². The molecule has 2 aliphatic heterocycles. The first-order chi connectivity index (χ1) is 16.1. The van der Waals surface area contributed by atoms with Gasteiger partial charge >= 0.3 is 0 Å². The molecule has 0 spiro atoms. The lowest BCUT2D eigenvalue weighted by molar-refractivity contribution is -0.227. The smallest absolute Gasteiger partial charge is 0.164 e. The number of ether oxygens (including phenoxy) is 2. The fourth-order valence-electron chi connectivity index (χ4n) is 8.17. The van der Waals surface area contributed by atoms with E-state index < -0.39 is 28.3 Å². The summed E-state index contributed by atoms with van der Waals surface area (Å²) >= 11 is 0. The van der Waals surface area contributed by atoms with Crippen LogP contribution in [0.2, 0.25) is 0 Å². The van der Waals surface area contributed by atoms with Gasteiger partial charge in [0.15, 0.2) is 5.78 Å². The molecule has 5 nitrogen and oxygen atoms in total. The van der Waals surface area contributed by atoms with Crippen LogP contribution in [-0.4, -0.2) is 51.1 Å². The van der Waals surface area contributed by atoms with Gasteiger partial charge in [-0.15, -0.1) is 0 Å². The van der Waals surface area contributed by atoms with E-state index in [1.54, 1.807) is 0 Å². The first-order valence-corrected chi connectivity index (χ1v) is 14.0. The van der Waals surface area contributed by atoms with Gasteiger partial charge in [0.05, 0.1) is 29.5 Å². The second-order valence-corrected chi connectivity index (χ2v) is 13.9. The van der Waals surface area contributed by atoms with Crippen LogP contribution in [0.5, 0.6) is 0 Å². The Morgan fingerprint density at radius 1 is 0.943 bits per heavy atom. The van der Waals surface area contributed by atoms with Crippen molar-refractivity contribution in [2.24, 2.45) is 22.7 Å². The highest BCUT2D eigenvalue weighted by Crippen LogP contribution is 2.58.